The molecule has 7 nitrogen and oxygen atoms in total. The molecule has 2 aromatic heterocycles. The van der Waals surface area contributed by atoms with Crippen LogP contribution in [0, 0.1) is 11.7 Å². The topological polar surface area (TPSA) is 64.6 Å². The Hall–Kier alpha value is -3.11. The zero-order valence-corrected chi connectivity index (χ0v) is 17.1. The van der Waals surface area contributed by atoms with Crippen LogP contribution in [-0.4, -0.2) is 48.0 Å². The summed E-state index contributed by atoms with van der Waals surface area (Å²) in [6.45, 7) is 1.08. The third-order valence-electron chi connectivity index (χ3n) is 6.28. The molecule has 0 aromatic carbocycles. The molecule has 2 fully saturated rings. The van der Waals surface area contributed by atoms with Crippen LogP contribution in [0.2, 0.25) is 0 Å². The number of fused-ring (bicyclic) bond motifs is 3. The molecule has 0 aliphatic carbocycles. The monoisotopic (exact) mass is 450 g/mol. The van der Waals surface area contributed by atoms with Crippen molar-refractivity contribution in [1.82, 2.24) is 9.97 Å². The maximum absolute atomic E-state index is 13.5. The van der Waals surface area contributed by atoms with Crippen LogP contribution in [-0.2, 0) is 0 Å². The Kier molecular flexibility index (Phi) is 5.06. The van der Waals surface area contributed by atoms with Crippen LogP contribution in [0.4, 0.5) is 45.4 Å². The van der Waals surface area contributed by atoms with Gasteiger partial charge in [0.25, 0.3) is 0 Å². The van der Waals surface area contributed by atoms with Gasteiger partial charge in [0.05, 0.1) is 29.7 Å². The maximum Gasteiger partial charge on any atom is 0.393 e. The summed E-state index contributed by atoms with van der Waals surface area (Å²) in [5, 5.41) is 2.66. The van der Waals surface area contributed by atoms with Crippen molar-refractivity contribution in [3.63, 3.8) is 0 Å². The largest absolute Gasteiger partial charge is 0.393 e. The van der Waals surface area contributed by atoms with E-state index in [4.69, 9.17) is 0 Å². The molecule has 3 aliphatic rings. The molecule has 5 rings (SSSR count). The van der Waals surface area contributed by atoms with E-state index < -0.39 is 23.9 Å². The first kappa shape index (κ1) is 20.8. The molecule has 170 valence electrons. The number of alkyl halides is 3. The quantitative estimate of drug-likeness (QED) is 0.689. The number of carbonyl (C=O) groups is 1. The molecular formula is C21H22F4N6O. The summed E-state index contributed by atoms with van der Waals surface area (Å²) >= 11 is 0. The van der Waals surface area contributed by atoms with Gasteiger partial charge in [-0.15, -0.1) is 0 Å². The zero-order valence-electron chi connectivity index (χ0n) is 17.1. The van der Waals surface area contributed by atoms with Gasteiger partial charge >= 0.3 is 12.2 Å². The van der Waals surface area contributed by atoms with Crippen molar-refractivity contribution in [1.29, 1.82) is 0 Å². The van der Waals surface area contributed by atoms with Crippen molar-refractivity contribution in [2.75, 3.05) is 39.7 Å². The number of urea groups is 1. The Balaban J connectivity index is 1.44. The van der Waals surface area contributed by atoms with Crippen LogP contribution in [0.3, 0.4) is 0 Å². The number of nitrogens with zero attached hydrogens (tertiary/aromatic N) is 5. The van der Waals surface area contributed by atoms with Gasteiger partial charge in [-0.05, 0) is 37.8 Å². The number of amides is 2. The van der Waals surface area contributed by atoms with Crippen molar-refractivity contribution in [3.05, 3.63) is 36.4 Å². The van der Waals surface area contributed by atoms with E-state index in [1.807, 2.05) is 6.07 Å². The fourth-order valence-corrected chi connectivity index (χ4v) is 4.80. The highest BCUT2D eigenvalue weighted by atomic mass is 19.4. The molecule has 0 radical (unpaired) electrons. The molecule has 2 aromatic rings. The molecule has 11 heteroatoms. The standard InChI is InChI=1S/C21H22F4N6O/c22-14-9-15(11-26-10-14)27-20(32)31-18-4-2-8-30(18)16-5-6-17(28-19(16)31)29-7-1-3-13(12-29)21(23,24)25/h5-6,9-11,13,18H,1-4,7-8,12H2,(H,27,32). The summed E-state index contributed by atoms with van der Waals surface area (Å²) in [7, 11) is 0. The third-order valence-corrected chi connectivity index (χ3v) is 6.28. The molecule has 2 atom stereocenters. The SMILES string of the molecule is O=C(Nc1cncc(F)c1)N1c2nc(N3CCCC(C(F)(F)F)C3)ccc2N2CCCC21. The minimum atomic E-state index is -4.25. The second-order valence-corrected chi connectivity index (χ2v) is 8.35. The van der Waals surface area contributed by atoms with Crippen LogP contribution in [0.25, 0.3) is 0 Å². The van der Waals surface area contributed by atoms with Gasteiger partial charge in [-0.2, -0.15) is 13.2 Å². The minimum absolute atomic E-state index is 0.108. The molecule has 2 saturated heterocycles. The van der Waals surface area contributed by atoms with E-state index in [0.29, 0.717) is 24.6 Å². The highest BCUT2D eigenvalue weighted by Crippen LogP contribution is 2.44. The van der Waals surface area contributed by atoms with Gasteiger partial charge < -0.3 is 15.1 Å². The number of nitrogens with one attached hydrogen (secondary N) is 1. The number of aromatic nitrogens is 2. The lowest BCUT2D eigenvalue weighted by Gasteiger charge is -2.34. The predicted octanol–water partition coefficient (Wildman–Crippen LogP) is 4.37. The van der Waals surface area contributed by atoms with Crippen LogP contribution in [0.1, 0.15) is 25.7 Å². The molecule has 1 N–H and O–H groups in total. The van der Waals surface area contributed by atoms with Gasteiger partial charge in [0.15, 0.2) is 5.82 Å². The van der Waals surface area contributed by atoms with Gasteiger partial charge in [0.2, 0.25) is 0 Å². The van der Waals surface area contributed by atoms with Crippen molar-refractivity contribution >= 4 is 29.0 Å². The summed E-state index contributed by atoms with van der Waals surface area (Å²) in [6.07, 6.45) is 0.0729. The number of anilines is 4. The lowest BCUT2D eigenvalue weighted by atomic mass is 9.97. The van der Waals surface area contributed by atoms with Crippen molar-refractivity contribution < 1.29 is 22.4 Å². The number of piperidine rings is 1. The Labute approximate surface area is 182 Å². The van der Waals surface area contributed by atoms with Crippen molar-refractivity contribution in [2.24, 2.45) is 5.92 Å². The van der Waals surface area contributed by atoms with E-state index in [-0.39, 0.29) is 24.8 Å². The van der Waals surface area contributed by atoms with E-state index >= 15 is 0 Å². The Bertz CT molecular complexity index is 1030. The van der Waals surface area contributed by atoms with Crippen LogP contribution in [0.5, 0.6) is 0 Å². The zero-order chi connectivity index (χ0) is 22.5. The fraction of sp³-hybridized carbons (Fsp3) is 0.476. The van der Waals surface area contributed by atoms with E-state index in [0.717, 1.165) is 31.3 Å². The summed E-state index contributed by atoms with van der Waals surface area (Å²) in [4.78, 5) is 26.7. The number of carbonyl (C=O) groups excluding carboxylic acids is 1. The predicted molar refractivity (Wildman–Crippen MR) is 111 cm³/mol. The van der Waals surface area contributed by atoms with Crippen LogP contribution in [0.15, 0.2) is 30.6 Å². The molecule has 0 bridgehead atoms. The average Bonchev–Trinajstić information content (AvgIpc) is 3.33. The first-order chi connectivity index (χ1) is 15.3. The van der Waals surface area contributed by atoms with E-state index in [1.54, 1.807) is 11.0 Å². The lowest BCUT2D eigenvalue weighted by Crippen LogP contribution is -2.45. The molecule has 3 aliphatic heterocycles. The summed E-state index contributed by atoms with van der Waals surface area (Å²) < 4.78 is 53.3. The van der Waals surface area contributed by atoms with Crippen LogP contribution >= 0.6 is 0 Å². The molecule has 32 heavy (non-hydrogen) atoms. The van der Waals surface area contributed by atoms with Gasteiger partial charge in [-0.3, -0.25) is 9.88 Å². The molecule has 0 saturated carbocycles. The second-order valence-electron chi connectivity index (χ2n) is 8.35. The fourth-order valence-electron chi connectivity index (χ4n) is 4.80. The second kappa shape index (κ2) is 7.79. The highest BCUT2D eigenvalue weighted by molar-refractivity contribution is 6.05. The van der Waals surface area contributed by atoms with Crippen molar-refractivity contribution in [2.45, 2.75) is 38.0 Å². The number of pyridine rings is 2. The van der Waals surface area contributed by atoms with E-state index in [1.165, 1.54) is 17.2 Å². The molecular weight excluding hydrogens is 428 g/mol. The number of rotatable bonds is 2. The number of hydrogen-bond donors (Lipinski definition) is 1. The number of hydrogen-bond acceptors (Lipinski definition) is 5. The summed E-state index contributed by atoms with van der Waals surface area (Å²) in [5.41, 5.74) is 0.987. The maximum atomic E-state index is 13.5. The molecule has 0 spiro atoms. The summed E-state index contributed by atoms with van der Waals surface area (Å²) in [5.74, 6) is -1.14. The Morgan fingerprint density at radius 3 is 2.72 bits per heavy atom. The smallest absolute Gasteiger partial charge is 0.356 e. The molecule has 5 heterocycles. The number of halogens is 4. The highest BCUT2D eigenvalue weighted by Gasteiger charge is 2.45. The normalized spacial score (nSPS) is 22.7. The first-order valence-corrected chi connectivity index (χ1v) is 10.6. The van der Waals surface area contributed by atoms with Gasteiger partial charge in [-0.1, -0.05) is 0 Å². The van der Waals surface area contributed by atoms with E-state index in [2.05, 4.69) is 20.2 Å². The molecule has 2 unspecified atom stereocenters. The summed E-state index contributed by atoms with van der Waals surface area (Å²) in [6, 6.07) is 4.24. The average molecular weight is 450 g/mol. The van der Waals surface area contributed by atoms with E-state index in [9.17, 15) is 22.4 Å². The van der Waals surface area contributed by atoms with Gasteiger partial charge in [0, 0.05) is 25.7 Å². The molecule has 2 amide bonds. The van der Waals surface area contributed by atoms with Gasteiger partial charge in [-0.25, -0.2) is 14.2 Å². The van der Waals surface area contributed by atoms with Gasteiger partial charge in [0.1, 0.15) is 17.8 Å². The first-order valence-electron chi connectivity index (χ1n) is 10.6. The van der Waals surface area contributed by atoms with Crippen molar-refractivity contribution in [3.8, 4) is 0 Å². The minimum Gasteiger partial charge on any atom is -0.356 e. The Morgan fingerprint density at radius 1 is 1.12 bits per heavy atom. The lowest BCUT2D eigenvalue weighted by molar-refractivity contribution is -0.176. The Morgan fingerprint density at radius 2 is 1.94 bits per heavy atom. The third kappa shape index (κ3) is 3.69. The van der Waals surface area contributed by atoms with Crippen LogP contribution < -0.4 is 20.0 Å².